The summed E-state index contributed by atoms with van der Waals surface area (Å²) in [6.45, 7) is 2.21. The lowest BCUT2D eigenvalue weighted by Gasteiger charge is -2.08. The second-order valence-corrected chi connectivity index (χ2v) is 3.31. The highest BCUT2D eigenvalue weighted by Crippen LogP contribution is 2.30. The Morgan fingerprint density at radius 1 is 1.50 bits per heavy atom. The Kier molecular flexibility index (Phi) is 2.03. The van der Waals surface area contributed by atoms with Crippen molar-refractivity contribution >= 4 is 0 Å². The van der Waals surface area contributed by atoms with Gasteiger partial charge in [-0.3, -0.25) is 0 Å². The lowest BCUT2D eigenvalue weighted by molar-refractivity contribution is 0.170. The third-order valence-electron chi connectivity index (χ3n) is 2.29. The van der Waals surface area contributed by atoms with E-state index < -0.39 is 0 Å². The molecule has 1 unspecified atom stereocenters. The molecule has 0 radical (unpaired) electrons. The third kappa shape index (κ3) is 1.31. The van der Waals surface area contributed by atoms with Gasteiger partial charge in [-0.15, -0.1) is 0 Å². The van der Waals surface area contributed by atoms with E-state index in [0.29, 0.717) is 6.10 Å². The van der Waals surface area contributed by atoms with Gasteiger partial charge in [0.1, 0.15) is 11.9 Å². The maximum Gasteiger partial charge on any atom is 0.127 e. The minimum atomic E-state index is 0.344. The summed E-state index contributed by atoms with van der Waals surface area (Å²) in [4.78, 5) is 0. The van der Waals surface area contributed by atoms with Crippen LogP contribution >= 0.6 is 0 Å². The van der Waals surface area contributed by atoms with Gasteiger partial charge in [-0.1, -0.05) is 25.5 Å². The molecule has 0 aromatic heterocycles. The second kappa shape index (κ2) is 3.18. The van der Waals surface area contributed by atoms with Gasteiger partial charge in [0, 0.05) is 5.57 Å². The zero-order valence-electron chi connectivity index (χ0n) is 7.42. The Morgan fingerprint density at radius 3 is 3.17 bits per heavy atom. The van der Waals surface area contributed by atoms with Crippen molar-refractivity contribution in [3.8, 4) is 0 Å². The van der Waals surface area contributed by atoms with E-state index in [1.807, 2.05) is 12.2 Å². The SMILES string of the molecule is CCCCC1C=C2C=CC=C2O1. The van der Waals surface area contributed by atoms with Crippen LogP contribution in [-0.2, 0) is 4.74 Å². The molecule has 1 aliphatic carbocycles. The van der Waals surface area contributed by atoms with Crippen LogP contribution in [0.4, 0.5) is 0 Å². The van der Waals surface area contributed by atoms with E-state index in [1.165, 1.54) is 18.4 Å². The fourth-order valence-electron chi connectivity index (χ4n) is 1.61. The Labute approximate surface area is 73.4 Å². The Hall–Kier alpha value is -0.980. The molecular weight excluding hydrogens is 148 g/mol. The number of hydrogen-bond acceptors (Lipinski definition) is 1. The summed E-state index contributed by atoms with van der Waals surface area (Å²) < 4.78 is 5.69. The summed E-state index contributed by atoms with van der Waals surface area (Å²) in [6, 6.07) is 0. The lowest BCUT2D eigenvalue weighted by Crippen LogP contribution is -2.02. The van der Waals surface area contributed by atoms with Gasteiger partial charge in [0.05, 0.1) is 0 Å². The van der Waals surface area contributed by atoms with Crippen molar-refractivity contribution in [1.29, 1.82) is 0 Å². The van der Waals surface area contributed by atoms with Crippen molar-refractivity contribution in [2.75, 3.05) is 0 Å². The normalized spacial score (nSPS) is 24.9. The van der Waals surface area contributed by atoms with Gasteiger partial charge in [-0.2, -0.15) is 0 Å². The molecule has 0 saturated carbocycles. The molecule has 1 atom stereocenters. The largest absolute Gasteiger partial charge is 0.486 e. The summed E-state index contributed by atoms with van der Waals surface area (Å²) in [7, 11) is 0. The highest BCUT2D eigenvalue weighted by Gasteiger charge is 2.21. The molecular formula is C11H14O. The molecule has 2 aliphatic rings. The fraction of sp³-hybridized carbons (Fsp3) is 0.455. The minimum absolute atomic E-state index is 0.344. The highest BCUT2D eigenvalue weighted by atomic mass is 16.5. The van der Waals surface area contributed by atoms with Crippen molar-refractivity contribution in [3.05, 3.63) is 35.6 Å². The molecule has 0 aromatic carbocycles. The molecule has 0 bridgehead atoms. The first-order valence-electron chi connectivity index (χ1n) is 4.67. The molecule has 1 nitrogen and oxygen atoms in total. The molecule has 0 saturated heterocycles. The Morgan fingerprint density at radius 2 is 2.42 bits per heavy atom. The van der Waals surface area contributed by atoms with Crippen molar-refractivity contribution in [2.45, 2.75) is 32.3 Å². The number of ether oxygens (including phenoxy) is 1. The topological polar surface area (TPSA) is 9.23 Å². The van der Waals surface area contributed by atoms with Crippen molar-refractivity contribution in [1.82, 2.24) is 0 Å². The molecule has 0 fully saturated rings. The van der Waals surface area contributed by atoms with E-state index in [4.69, 9.17) is 4.74 Å². The zero-order chi connectivity index (χ0) is 8.39. The first-order chi connectivity index (χ1) is 5.90. The van der Waals surface area contributed by atoms with Crippen LogP contribution in [0.25, 0.3) is 0 Å². The van der Waals surface area contributed by atoms with Gasteiger partial charge >= 0.3 is 0 Å². The summed E-state index contributed by atoms with van der Waals surface area (Å²) >= 11 is 0. The zero-order valence-corrected chi connectivity index (χ0v) is 7.42. The maximum atomic E-state index is 5.69. The molecule has 1 heteroatoms. The molecule has 0 aromatic rings. The van der Waals surface area contributed by atoms with E-state index in [0.717, 1.165) is 12.2 Å². The smallest absolute Gasteiger partial charge is 0.127 e. The maximum absolute atomic E-state index is 5.69. The van der Waals surface area contributed by atoms with E-state index in [2.05, 4.69) is 19.1 Å². The van der Waals surface area contributed by atoms with Crippen LogP contribution in [0, 0.1) is 0 Å². The van der Waals surface area contributed by atoms with Gasteiger partial charge in [0.2, 0.25) is 0 Å². The number of unbranched alkanes of at least 4 members (excludes halogenated alkanes) is 1. The molecule has 0 N–H and O–H groups in total. The van der Waals surface area contributed by atoms with Crippen LogP contribution in [-0.4, -0.2) is 6.10 Å². The van der Waals surface area contributed by atoms with Crippen LogP contribution in [0.1, 0.15) is 26.2 Å². The van der Waals surface area contributed by atoms with Crippen LogP contribution in [0.15, 0.2) is 35.6 Å². The molecule has 12 heavy (non-hydrogen) atoms. The molecule has 0 amide bonds. The first-order valence-corrected chi connectivity index (χ1v) is 4.67. The Balaban J connectivity index is 1.94. The predicted octanol–water partition coefficient (Wildman–Crippen LogP) is 2.96. The van der Waals surface area contributed by atoms with Gasteiger partial charge in [0.25, 0.3) is 0 Å². The van der Waals surface area contributed by atoms with Gasteiger partial charge in [0.15, 0.2) is 0 Å². The molecule has 2 rings (SSSR count). The Bertz CT molecular complexity index is 258. The summed E-state index contributed by atoms with van der Waals surface area (Å²) in [6.07, 6.45) is 12.4. The summed E-state index contributed by atoms with van der Waals surface area (Å²) in [5.74, 6) is 1.07. The van der Waals surface area contributed by atoms with Gasteiger partial charge in [-0.05, 0) is 25.0 Å². The van der Waals surface area contributed by atoms with E-state index in [-0.39, 0.29) is 0 Å². The molecule has 0 spiro atoms. The van der Waals surface area contributed by atoms with E-state index in [9.17, 15) is 0 Å². The molecule has 1 aliphatic heterocycles. The quantitative estimate of drug-likeness (QED) is 0.620. The van der Waals surface area contributed by atoms with Crippen LogP contribution < -0.4 is 0 Å². The monoisotopic (exact) mass is 162 g/mol. The summed E-state index contributed by atoms with van der Waals surface area (Å²) in [5, 5.41) is 0. The number of hydrogen-bond donors (Lipinski definition) is 0. The molecule has 1 heterocycles. The van der Waals surface area contributed by atoms with Gasteiger partial charge in [-0.25, -0.2) is 0 Å². The van der Waals surface area contributed by atoms with Crippen molar-refractivity contribution in [2.24, 2.45) is 0 Å². The average molecular weight is 162 g/mol. The predicted molar refractivity (Wildman–Crippen MR) is 49.7 cm³/mol. The average Bonchev–Trinajstić information content (AvgIpc) is 2.58. The number of rotatable bonds is 3. The van der Waals surface area contributed by atoms with Gasteiger partial charge < -0.3 is 4.74 Å². The van der Waals surface area contributed by atoms with Crippen LogP contribution in [0.5, 0.6) is 0 Å². The van der Waals surface area contributed by atoms with Crippen molar-refractivity contribution in [3.63, 3.8) is 0 Å². The first kappa shape index (κ1) is 7.66. The number of allylic oxidation sites excluding steroid dienone is 3. The fourth-order valence-corrected chi connectivity index (χ4v) is 1.61. The minimum Gasteiger partial charge on any atom is -0.486 e. The lowest BCUT2D eigenvalue weighted by atomic mass is 10.1. The molecule has 64 valence electrons. The van der Waals surface area contributed by atoms with Crippen LogP contribution in [0.3, 0.4) is 0 Å². The van der Waals surface area contributed by atoms with E-state index >= 15 is 0 Å². The second-order valence-electron chi connectivity index (χ2n) is 3.31. The third-order valence-corrected chi connectivity index (χ3v) is 2.29. The summed E-state index contributed by atoms with van der Waals surface area (Å²) in [5.41, 5.74) is 1.27. The standard InChI is InChI=1S/C11H14O/c1-2-3-6-10-8-9-5-4-7-11(9)12-10/h4-5,7-8,10H,2-3,6H2,1H3. The highest BCUT2D eigenvalue weighted by molar-refractivity contribution is 5.48. The van der Waals surface area contributed by atoms with E-state index in [1.54, 1.807) is 0 Å². The van der Waals surface area contributed by atoms with Crippen molar-refractivity contribution < 1.29 is 4.74 Å². The van der Waals surface area contributed by atoms with Crippen LogP contribution in [0.2, 0.25) is 0 Å². The number of fused-ring (bicyclic) bond motifs is 1.